The van der Waals surface area contributed by atoms with Crippen LogP contribution in [0.4, 0.5) is 16.2 Å². The number of nitrogens with zero attached hydrogens (tertiary/aromatic N) is 4. The number of anilines is 2. The van der Waals surface area contributed by atoms with Crippen molar-refractivity contribution in [2.75, 3.05) is 29.8 Å². The van der Waals surface area contributed by atoms with E-state index >= 15 is 0 Å². The van der Waals surface area contributed by atoms with Crippen molar-refractivity contribution in [2.24, 2.45) is 7.05 Å². The first-order valence-corrected chi connectivity index (χ1v) is 12.2. The van der Waals surface area contributed by atoms with Crippen molar-refractivity contribution in [3.8, 4) is 0 Å². The molecule has 0 saturated carbocycles. The number of urea groups is 1. The van der Waals surface area contributed by atoms with Gasteiger partial charge < -0.3 is 10.2 Å². The standard InChI is InChI=1S/C21H28N6O3S.Na.H/c1-25-11-17(12-25)27(16-10-22-26(2)13-16)31(29,30)24-21(28)23-20-18-7-3-5-14(18)9-15-6-4-8-19(15)20;;/h9-10,13,17H,3-8,11-12H2,1-2H3,(H2,23,24,28);;. The van der Waals surface area contributed by atoms with E-state index in [0.29, 0.717) is 18.8 Å². The zero-order chi connectivity index (χ0) is 21.8. The van der Waals surface area contributed by atoms with Crippen molar-refractivity contribution < 1.29 is 13.2 Å². The number of fused-ring (bicyclic) bond motifs is 2. The van der Waals surface area contributed by atoms with Gasteiger partial charge in [0.05, 0.1) is 17.9 Å². The van der Waals surface area contributed by atoms with Crippen LogP contribution in [0.3, 0.4) is 0 Å². The second-order valence-electron chi connectivity index (χ2n) is 8.84. The Labute approximate surface area is 211 Å². The predicted octanol–water partition coefficient (Wildman–Crippen LogP) is 0.936. The van der Waals surface area contributed by atoms with Gasteiger partial charge in [-0.1, -0.05) is 6.07 Å². The van der Waals surface area contributed by atoms with E-state index in [1.165, 1.54) is 21.6 Å². The number of amides is 2. The SMILES string of the molecule is CN1CC(N(c2cnn(C)c2)S(=O)(=O)NC(=O)Nc2c3c(cc4c2CCC4)CCC3)C1.[NaH]. The molecule has 1 aromatic heterocycles. The first-order valence-electron chi connectivity index (χ1n) is 10.8. The van der Waals surface area contributed by atoms with Gasteiger partial charge in [-0.05, 0) is 67.8 Å². The molecule has 32 heavy (non-hydrogen) atoms. The van der Waals surface area contributed by atoms with E-state index in [-0.39, 0.29) is 35.6 Å². The van der Waals surface area contributed by atoms with Crippen LogP contribution in [-0.4, -0.2) is 84.9 Å². The van der Waals surface area contributed by atoms with E-state index in [1.54, 1.807) is 17.9 Å². The fraction of sp³-hybridized carbons (Fsp3) is 0.524. The average Bonchev–Trinajstić information content (AvgIpc) is 3.40. The first kappa shape index (κ1) is 23.6. The fourth-order valence-electron chi connectivity index (χ4n) is 5.15. The summed E-state index contributed by atoms with van der Waals surface area (Å²) >= 11 is 0. The minimum absolute atomic E-state index is 0. The maximum atomic E-state index is 13.2. The quantitative estimate of drug-likeness (QED) is 0.637. The van der Waals surface area contributed by atoms with Gasteiger partial charge in [-0.15, -0.1) is 0 Å². The third kappa shape index (κ3) is 4.31. The molecule has 0 spiro atoms. The van der Waals surface area contributed by atoms with Crippen LogP contribution < -0.4 is 14.3 Å². The van der Waals surface area contributed by atoms with Crippen LogP contribution in [0.5, 0.6) is 0 Å². The van der Waals surface area contributed by atoms with Gasteiger partial charge in [0.2, 0.25) is 0 Å². The summed E-state index contributed by atoms with van der Waals surface area (Å²) in [5, 5.41) is 7.01. The molecular weight excluding hydrogens is 439 g/mol. The fourth-order valence-corrected chi connectivity index (χ4v) is 6.44. The molecule has 3 aliphatic rings. The van der Waals surface area contributed by atoms with Crippen LogP contribution in [0.25, 0.3) is 0 Å². The molecule has 1 aliphatic heterocycles. The van der Waals surface area contributed by atoms with Gasteiger partial charge >= 0.3 is 45.8 Å². The maximum absolute atomic E-state index is 13.2. The molecule has 11 heteroatoms. The second-order valence-corrected chi connectivity index (χ2v) is 10.4. The van der Waals surface area contributed by atoms with E-state index < -0.39 is 16.2 Å². The van der Waals surface area contributed by atoms with Gasteiger partial charge in [0.15, 0.2) is 0 Å². The van der Waals surface area contributed by atoms with Crippen LogP contribution in [0, 0.1) is 0 Å². The molecule has 1 fully saturated rings. The Kier molecular flexibility index (Phi) is 6.61. The molecule has 1 saturated heterocycles. The Morgan fingerprint density at radius 2 is 1.72 bits per heavy atom. The molecule has 168 valence electrons. The third-order valence-corrected chi connectivity index (χ3v) is 7.98. The first-order chi connectivity index (χ1) is 14.8. The van der Waals surface area contributed by atoms with Crippen molar-refractivity contribution in [3.05, 3.63) is 40.7 Å². The van der Waals surface area contributed by atoms with Crippen molar-refractivity contribution in [1.29, 1.82) is 0 Å². The molecular formula is C21H29N6NaO3S. The van der Waals surface area contributed by atoms with Gasteiger partial charge in [0, 0.05) is 32.0 Å². The van der Waals surface area contributed by atoms with E-state index in [0.717, 1.165) is 55.3 Å². The summed E-state index contributed by atoms with van der Waals surface area (Å²) in [4.78, 5) is 14.9. The number of likely N-dealkylation sites (tertiary alicyclic amines) is 1. The van der Waals surface area contributed by atoms with Crippen molar-refractivity contribution >= 4 is 57.2 Å². The number of hydrogen-bond donors (Lipinski definition) is 2. The minimum atomic E-state index is -4.10. The topological polar surface area (TPSA) is 99.6 Å². The van der Waals surface area contributed by atoms with Gasteiger partial charge in [0.25, 0.3) is 0 Å². The summed E-state index contributed by atoms with van der Waals surface area (Å²) in [6, 6.07) is 1.32. The number of rotatable bonds is 5. The Morgan fingerprint density at radius 3 is 2.25 bits per heavy atom. The predicted molar refractivity (Wildman–Crippen MR) is 126 cm³/mol. The normalized spacial score (nSPS) is 17.8. The average molecular weight is 469 g/mol. The van der Waals surface area contributed by atoms with Crippen LogP contribution in [0.2, 0.25) is 0 Å². The summed E-state index contributed by atoms with van der Waals surface area (Å²) in [5.74, 6) is 0. The molecule has 0 radical (unpaired) electrons. The Bertz CT molecular complexity index is 1110. The Balaban J connectivity index is 0.00000245. The Morgan fingerprint density at radius 1 is 1.09 bits per heavy atom. The number of likely N-dealkylation sites (N-methyl/N-ethyl adjacent to an activating group) is 1. The number of hydrogen-bond acceptors (Lipinski definition) is 5. The molecule has 2 N–H and O–H groups in total. The monoisotopic (exact) mass is 468 g/mol. The number of aromatic nitrogens is 2. The van der Waals surface area contributed by atoms with Crippen molar-refractivity contribution in [3.63, 3.8) is 0 Å². The Hall–Kier alpha value is -1.59. The van der Waals surface area contributed by atoms with Gasteiger partial charge in [-0.3, -0.25) is 4.68 Å². The molecule has 9 nitrogen and oxygen atoms in total. The molecule has 2 aromatic rings. The number of nitrogens with one attached hydrogen (secondary N) is 2. The summed E-state index contributed by atoms with van der Waals surface area (Å²) in [6.07, 6.45) is 9.15. The van der Waals surface area contributed by atoms with Gasteiger partial charge in [-0.2, -0.15) is 13.5 Å². The summed E-state index contributed by atoms with van der Waals surface area (Å²) < 4.78 is 31.6. The van der Waals surface area contributed by atoms with Gasteiger partial charge in [0.1, 0.15) is 0 Å². The molecule has 1 aromatic carbocycles. The number of benzene rings is 1. The van der Waals surface area contributed by atoms with E-state index in [9.17, 15) is 13.2 Å². The van der Waals surface area contributed by atoms with Crippen LogP contribution in [0.15, 0.2) is 18.5 Å². The molecule has 2 amide bonds. The number of aryl methyl sites for hydroxylation is 3. The summed E-state index contributed by atoms with van der Waals surface area (Å²) in [5.41, 5.74) is 6.17. The molecule has 5 rings (SSSR count). The zero-order valence-electron chi connectivity index (χ0n) is 17.9. The van der Waals surface area contributed by atoms with Crippen LogP contribution in [0.1, 0.15) is 35.1 Å². The third-order valence-electron chi connectivity index (χ3n) is 6.51. The van der Waals surface area contributed by atoms with E-state index in [4.69, 9.17) is 0 Å². The molecule has 2 aliphatic carbocycles. The zero-order valence-corrected chi connectivity index (χ0v) is 18.7. The number of carbonyl (C=O) groups excluding carboxylic acids is 1. The molecule has 2 heterocycles. The number of carbonyl (C=O) groups is 1. The van der Waals surface area contributed by atoms with Crippen molar-refractivity contribution in [2.45, 2.75) is 44.6 Å². The van der Waals surface area contributed by atoms with Crippen molar-refractivity contribution in [1.82, 2.24) is 19.4 Å². The van der Waals surface area contributed by atoms with E-state index in [1.807, 2.05) is 11.9 Å². The van der Waals surface area contributed by atoms with Gasteiger partial charge in [-0.25, -0.2) is 13.8 Å². The molecule has 0 bridgehead atoms. The van der Waals surface area contributed by atoms with E-state index in [2.05, 4.69) is 21.2 Å². The molecule has 0 unspecified atom stereocenters. The molecule has 0 atom stereocenters. The van der Waals surface area contributed by atoms with Crippen LogP contribution >= 0.6 is 0 Å². The second kappa shape index (κ2) is 8.98. The van der Waals surface area contributed by atoms with Crippen LogP contribution in [-0.2, 0) is 42.9 Å². The summed E-state index contributed by atoms with van der Waals surface area (Å²) in [7, 11) is -0.436. The summed E-state index contributed by atoms with van der Waals surface area (Å²) in [6.45, 7) is 1.19.